The Labute approximate surface area is 149 Å². The Bertz CT molecular complexity index is 690. The van der Waals surface area contributed by atoms with Gasteiger partial charge in [-0.3, -0.25) is 4.79 Å². The summed E-state index contributed by atoms with van der Waals surface area (Å²) in [6.07, 6.45) is 2.50. The maximum atomic E-state index is 13.0. The number of nitrogens with one attached hydrogen (secondary N) is 1. The molecule has 0 saturated heterocycles. The fourth-order valence-corrected chi connectivity index (χ4v) is 2.16. The van der Waals surface area contributed by atoms with Crippen LogP contribution in [-0.4, -0.2) is 29.8 Å². The zero-order chi connectivity index (χ0) is 19.4. The third-order valence-electron chi connectivity index (χ3n) is 3.58. The van der Waals surface area contributed by atoms with Gasteiger partial charge in [0.05, 0.1) is 30.4 Å². The highest BCUT2D eigenvalue weighted by molar-refractivity contribution is 5.97. The maximum Gasteiger partial charge on any atom is 0.417 e. The number of nitriles is 1. The van der Waals surface area contributed by atoms with Crippen molar-refractivity contribution in [3.63, 3.8) is 0 Å². The number of carbonyl (C=O) groups excluding carboxylic acids is 1. The Morgan fingerprint density at radius 2 is 1.96 bits per heavy atom. The van der Waals surface area contributed by atoms with Crippen molar-refractivity contribution in [1.29, 1.82) is 5.26 Å². The quantitative estimate of drug-likeness (QED) is 0.812. The van der Waals surface area contributed by atoms with E-state index in [4.69, 9.17) is 10.00 Å². The van der Waals surface area contributed by atoms with Crippen molar-refractivity contribution in [2.45, 2.75) is 18.7 Å². The van der Waals surface area contributed by atoms with E-state index in [1.807, 2.05) is 25.7 Å². The first kappa shape index (κ1) is 20.2. The lowest BCUT2D eigenvalue weighted by Crippen LogP contribution is -2.44. The van der Waals surface area contributed by atoms with Crippen molar-refractivity contribution in [3.8, 4) is 6.07 Å². The third kappa shape index (κ3) is 5.19. The Hall–Kier alpha value is -2.11. The van der Waals surface area contributed by atoms with Crippen LogP contribution in [0.2, 0.25) is 0 Å². The number of nitrogens with zero attached hydrogens (tertiary/aromatic N) is 1. The average molecular weight is 365 g/mol. The highest BCUT2D eigenvalue weighted by Gasteiger charge is 2.35. The summed E-state index contributed by atoms with van der Waals surface area (Å²) >= 11 is 0. The van der Waals surface area contributed by atoms with Gasteiger partial charge in [0.1, 0.15) is 0 Å². The van der Waals surface area contributed by atoms with Gasteiger partial charge >= 0.3 is 6.18 Å². The van der Waals surface area contributed by atoms with E-state index in [-0.39, 0.29) is 18.9 Å². The number of rotatable bonds is 6. The number of aliphatic hydroxyl groups is 1. The van der Waals surface area contributed by atoms with Gasteiger partial charge in [-0.1, -0.05) is 0 Å². The smallest absolute Gasteiger partial charge is 0.378 e. The van der Waals surface area contributed by atoms with Crippen LogP contribution in [0.1, 0.15) is 18.1 Å². The Morgan fingerprint density at radius 1 is 1.31 bits per heavy atom. The Morgan fingerprint density at radius 3 is 2.54 bits per heavy atom. The first-order valence-corrected chi connectivity index (χ1v) is 7.57. The number of alkyl halides is 3. The van der Waals surface area contributed by atoms with Gasteiger partial charge in [-0.25, -0.2) is 0 Å². The van der Waals surface area contributed by atoms with Crippen LogP contribution >= 0.6 is 0 Å². The molecule has 0 spiro atoms. The van der Waals surface area contributed by atoms with Crippen LogP contribution in [-0.2, 0) is 15.7 Å². The van der Waals surface area contributed by atoms with Crippen LogP contribution in [0, 0.1) is 42.9 Å². The molecule has 26 heavy (non-hydrogen) atoms. The van der Waals surface area contributed by atoms with Gasteiger partial charge in [-0.05, 0) is 50.8 Å². The number of benzene rings is 1. The molecule has 0 bridgehead atoms. The molecular weight excluding hydrogens is 349 g/mol. The van der Waals surface area contributed by atoms with Crippen LogP contribution < -0.4 is 5.32 Å². The highest BCUT2D eigenvalue weighted by atomic mass is 19.4. The van der Waals surface area contributed by atoms with E-state index in [1.54, 1.807) is 0 Å². The van der Waals surface area contributed by atoms with Crippen LogP contribution in [0.4, 0.5) is 18.9 Å². The zero-order valence-corrected chi connectivity index (χ0v) is 13.8. The lowest BCUT2D eigenvalue weighted by Gasteiger charge is -2.23. The summed E-state index contributed by atoms with van der Waals surface area (Å²) in [5.41, 5.74) is -3.85. The molecule has 0 aliphatic heterocycles. The molecule has 2 N–H and O–H groups in total. The summed E-state index contributed by atoms with van der Waals surface area (Å²) < 4.78 is 44.1. The normalized spacial score (nSPS) is 17.5. The summed E-state index contributed by atoms with van der Waals surface area (Å²) in [5.74, 6) is -0.0547. The van der Waals surface area contributed by atoms with Crippen LogP contribution in [0.25, 0.3) is 0 Å². The van der Waals surface area contributed by atoms with Crippen molar-refractivity contribution in [2.24, 2.45) is 0 Å². The largest absolute Gasteiger partial charge is 0.417 e. The first-order chi connectivity index (χ1) is 12.1. The summed E-state index contributed by atoms with van der Waals surface area (Å²) in [6, 6.07) is 4.22. The van der Waals surface area contributed by atoms with Gasteiger partial charge in [0.25, 0.3) is 5.91 Å². The second-order valence-electron chi connectivity index (χ2n) is 5.88. The minimum atomic E-state index is -4.74. The third-order valence-corrected chi connectivity index (χ3v) is 3.58. The molecule has 1 aliphatic rings. The summed E-state index contributed by atoms with van der Waals surface area (Å²) in [4.78, 5) is 12.2. The fraction of sp³-hybridized carbons (Fsp3) is 0.278. The van der Waals surface area contributed by atoms with Crippen molar-refractivity contribution < 1.29 is 27.8 Å². The van der Waals surface area contributed by atoms with E-state index in [0.717, 1.165) is 18.1 Å². The zero-order valence-electron chi connectivity index (χ0n) is 13.8. The molecule has 1 aromatic carbocycles. The molecule has 1 aliphatic carbocycles. The number of amides is 1. The molecule has 5 radical (unpaired) electrons. The fourth-order valence-electron chi connectivity index (χ4n) is 2.16. The number of anilines is 1. The minimum absolute atomic E-state index is 0.183. The standard InChI is InChI=1S/C18H16F3N2O3/c1-17(25,11-26-10-12-4-2-3-5-12)16(24)23-14-7-6-13(9-22)15(8-14)18(19,20)21/h2-8,25H,10-11H2,1H3,(H,23,24). The van der Waals surface area contributed by atoms with Crippen molar-refractivity contribution >= 4 is 11.6 Å². The highest BCUT2D eigenvalue weighted by Crippen LogP contribution is 2.33. The van der Waals surface area contributed by atoms with E-state index in [2.05, 4.69) is 5.32 Å². The van der Waals surface area contributed by atoms with Crippen molar-refractivity contribution in [1.82, 2.24) is 0 Å². The molecule has 0 heterocycles. The molecule has 0 aromatic heterocycles. The topological polar surface area (TPSA) is 82.3 Å². The molecule has 137 valence electrons. The second kappa shape index (κ2) is 8.06. The lowest BCUT2D eigenvalue weighted by molar-refractivity contribution is -0.139. The van der Waals surface area contributed by atoms with E-state index < -0.39 is 28.8 Å². The number of halogens is 3. The molecule has 2 rings (SSSR count). The van der Waals surface area contributed by atoms with Gasteiger partial charge in [-0.2, -0.15) is 18.4 Å². The average Bonchev–Trinajstić information content (AvgIpc) is 3.07. The molecule has 1 fully saturated rings. The summed E-state index contributed by atoms with van der Waals surface area (Å²) in [5, 5.41) is 21.2. The molecule has 1 amide bonds. The molecule has 5 nitrogen and oxygen atoms in total. The van der Waals surface area contributed by atoms with Gasteiger partial charge in [0.15, 0.2) is 5.60 Å². The predicted octanol–water partition coefficient (Wildman–Crippen LogP) is 2.69. The number of carbonyl (C=O) groups is 1. The van der Waals surface area contributed by atoms with Gasteiger partial charge in [-0.15, -0.1) is 0 Å². The molecule has 1 unspecified atom stereocenters. The molecule has 1 atom stereocenters. The number of hydrogen-bond donors (Lipinski definition) is 2. The van der Waals surface area contributed by atoms with Crippen LogP contribution in [0.5, 0.6) is 0 Å². The van der Waals surface area contributed by atoms with Gasteiger partial charge < -0.3 is 15.2 Å². The van der Waals surface area contributed by atoms with E-state index >= 15 is 0 Å². The minimum Gasteiger partial charge on any atom is -0.378 e. The summed E-state index contributed by atoms with van der Waals surface area (Å²) in [7, 11) is 0. The number of ether oxygens (including phenoxy) is 1. The Balaban J connectivity index is 2.00. The molecular formula is C18H16F3N2O3. The van der Waals surface area contributed by atoms with Gasteiger partial charge in [0.2, 0.25) is 0 Å². The predicted molar refractivity (Wildman–Crippen MR) is 86.7 cm³/mol. The molecule has 8 heteroatoms. The second-order valence-corrected chi connectivity index (χ2v) is 5.88. The Kier molecular flexibility index (Phi) is 6.26. The first-order valence-electron chi connectivity index (χ1n) is 7.57. The number of hydrogen-bond acceptors (Lipinski definition) is 4. The monoisotopic (exact) mass is 365 g/mol. The summed E-state index contributed by atoms with van der Waals surface area (Å²) in [6.45, 7) is 1.04. The van der Waals surface area contributed by atoms with Crippen molar-refractivity contribution in [2.75, 3.05) is 18.5 Å². The van der Waals surface area contributed by atoms with Crippen LogP contribution in [0.3, 0.4) is 0 Å². The lowest BCUT2D eigenvalue weighted by atomic mass is 10.0. The molecule has 1 aromatic rings. The van der Waals surface area contributed by atoms with Crippen molar-refractivity contribution in [3.05, 3.63) is 60.9 Å². The maximum absolute atomic E-state index is 13.0. The van der Waals surface area contributed by atoms with Gasteiger partial charge in [0, 0.05) is 11.6 Å². The molecule has 1 saturated carbocycles. The SMILES string of the molecule is CC(O)(COC[C]1[CH][CH][CH][CH]1)C(=O)Nc1ccc(C#N)c(C(F)(F)F)c1. The van der Waals surface area contributed by atoms with Crippen LogP contribution in [0.15, 0.2) is 18.2 Å². The van der Waals surface area contributed by atoms with E-state index in [0.29, 0.717) is 6.07 Å². The van der Waals surface area contributed by atoms with E-state index in [1.165, 1.54) is 13.0 Å². The van der Waals surface area contributed by atoms with E-state index in [9.17, 15) is 23.1 Å².